The summed E-state index contributed by atoms with van der Waals surface area (Å²) in [4.78, 5) is 0. The van der Waals surface area contributed by atoms with E-state index in [2.05, 4.69) is 31.3 Å². The molecule has 1 fully saturated rings. The summed E-state index contributed by atoms with van der Waals surface area (Å²) in [6.45, 7) is 7.16. The molecule has 0 bridgehead atoms. The van der Waals surface area contributed by atoms with Gasteiger partial charge in [-0.3, -0.25) is 0 Å². The van der Waals surface area contributed by atoms with E-state index in [0.717, 1.165) is 37.6 Å². The molecule has 1 aliphatic carbocycles. The largest absolute Gasteiger partial charge is 0.497 e. The lowest BCUT2D eigenvalue weighted by atomic mass is 9.79. The molecule has 0 spiro atoms. The number of benzene rings is 1. The summed E-state index contributed by atoms with van der Waals surface area (Å²) in [5, 5.41) is 3.48. The van der Waals surface area contributed by atoms with Crippen molar-refractivity contribution in [1.29, 1.82) is 0 Å². The van der Waals surface area contributed by atoms with Crippen LogP contribution in [0.25, 0.3) is 0 Å². The average Bonchev–Trinajstić information content (AvgIpc) is 2.54. The van der Waals surface area contributed by atoms with Crippen molar-refractivity contribution >= 4 is 0 Å². The normalized spacial score (nSPS) is 25.8. The van der Waals surface area contributed by atoms with Crippen LogP contribution in [0.15, 0.2) is 24.3 Å². The van der Waals surface area contributed by atoms with Crippen molar-refractivity contribution in [2.75, 3.05) is 20.2 Å². The fraction of sp³-hybridized carbons (Fsp3) is 0.667. The van der Waals surface area contributed by atoms with E-state index in [1.165, 1.54) is 18.4 Å². The van der Waals surface area contributed by atoms with Crippen molar-refractivity contribution < 1.29 is 9.47 Å². The van der Waals surface area contributed by atoms with Gasteiger partial charge in [-0.15, -0.1) is 0 Å². The molecule has 118 valence electrons. The van der Waals surface area contributed by atoms with Crippen LogP contribution in [0.5, 0.6) is 5.75 Å². The molecule has 0 radical (unpaired) electrons. The first-order valence-corrected chi connectivity index (χ1v) is 8.15. The summed E-state index contributed by atoms with van der Waals surface area (Å²) in [6, 6.07) is 8.17. The van der Waals surface area contributed by atoms with Crippen molar-refractivity contribution in [1.82, 2.24) is 5.32 Å². The topological polar surface area (TPSA) is 30.5 Å². The summed E-state index contributed by atoms with van der Waals surface area (Å²) in [5.74, 6) is 1.73. The van der Waals surface area contributed by atoms with Crippen LogP contribution in [0.4, 0.5) is 0 Å². The minimum atomic E-state index is 0.0163. The second-order valence-electron chi connectivity index (χ2n) is 6.28. The van der Waals surface area contributed by atoms with Gasteiger partial charge in [0, 0.05) is 6.54 Å². The molecule has 1 aliphatic rings. The highest BCUT2D eigenvalue weighted by Gasteiger charge is 2.34. The Morgan fingerprint density at radius 3 is 2.43 bits per heavy atom. The summed E-state index contributed by atoms with van der Waals surface area (Å²) < 4.78 is 11.6. The molecule has 1 saturated carbocycles. The molecule has 3 nitrogen and oxygen atoms in total. The van der Waals surface area contributed by atoms with Gasteiger partial charge in [-0.25, -0.2) is 0 Å². The van der Waals surface area contributed by atoms with E-state index in [-0.39, 0.29) is 5.60 Å². The second kappa shape index (κ2) is 7.81. The van der Waals surface area contributed by atoms with E-state index in [4.69, 9.17) is 9.47 Å². The second-order valence-corrected chi connectivity index (χ2v) is 6.28. The van der Waals surface area contributed by atoms with Crippen molar-refractivity contribution in [3.05, 3.63) is 29.8 Å². The molecule has 0 saturated heterocycles. The van der Waals surface area contributed by atoms with Crippen LogP contribution in [-0.4, -0.2) is 25.8 Å². The Bertz CT molecular complexity index is 402. The fourth-order valence-electron chi connectivity index (χ4n) is 2.97. The molecule has 3 heteroatoms. The molecule has 1 aromatic carbocycles. The number of hydrogen-bond donors (Lipinski definition) is 1. The highest BCUT2D eigenvalue weighted by molar-refractivity contribution is 5.26. The van der Waals surface area contributed by atoms with Gasteiger partial charge in [0.1, 0.15) is 5.75 Å². The van der Waals surface area contributed by atoms with Gasteiger partial charge in [0.15, 0.2) is 0 Å². The van der Waals surface area contributed by atoms with E-state index in [1.54, 1.807) is 7.11 Å². The molecular formula is C18H29NO2. The van der Waals surface area contributed by atoms with Crippen LogP contribution in [-0.2, 0) is 11.3 Å². The van der Waals surface area contributed by atoms with Crippen molar-refractivity contribution in [3.63, 3.8) is 0 Å². The maximum absolute atomic E-state index is 6.38. The Hall–Kier alpha value is -1.06. The number of ether oxygens (including phenoxy) is 2. The predicted octanol–water partition coefficient (Wildman–Crippen LogP) is 3.77. The Kier molecular flexibility index (Phi) is 6.07. The Morgan fingerprint density at radius 2 is 1.86 bits per heavy atom. The first kappa shape index (κ1) is 16.3. The monoisotopic (exact) mass is 291 g/mol. The minimum absolute atomic E-state index is 0.0163. The standard InChI is InChI=1S/C18H29NO2/c1-4-19-14-18(11-9-15(2)10-12-18)21-13-16-5-7-17(20-3)8-6-16/h5-8,15,19H,4,9-14H2,1-3H3. The van der Waals surface area contributed by atoms with E-state index >= 15 is 0 Å². The highest BCUT2D eigenvalue weighted by atomic mass is 16.5. The molecule has 21 heavy (non-hydrogen) atoms. The van der Waals surface area contributed by atoms with Gasteiger partial charge in [0.05, 0.1) is 19.3 Å². The lowest BCUT2D eigenvalue weighted by molar-refractivity contribution is -0.0847. The van der Waals surface area contributed by atoms with Gasteiger partial charge in [0.2, 0.25) is 0 Å². The van der Waals surface area contributed by atoms with Crippen molar-refractivity contribution in [2.45, 2.75) is 51.7 Å². The molecule has 1 aromatic rings. The zero-order valence-corrected chi connectivity index (χ0v) is 13.7. The van der Waals surface area contributed by atoms with Crippen LogP contribution >= 0.6 is 0 Å². The first-order valence-electron chi connectivity index (χ1n) is 8.15. The third-order valence-corrected chi connectivity index (χ3v) is 4.59. The number of methoxy groups -OCH3 is 1. The lowest BCUT2D eigenvalue weighted by Crippen LogP contribution is -2.45. The smallest absolute Gasteiger partial charge is 0.118 e. The first-order chi connectivity index (χ1) is 10.2. The summed E-state index contributed by atoms with van der Waals surface area (Å²) in [7, 11) is 1.69. The number of hydrogen-bond acceptors (Lipinski definition) is 3. The molecular weight excluding hydrogens is 262 g/mol. The van der Waals surface area contributed by atoms with Crippen LogP contribution in [0, 0.1) is 5.92 Å². The van der Waals surface area contributed by atoms with Crippen LogP contribution < -0.4 is 10.1 Å². The highest BCUT2D eigenvalue weighted by Crippen LogP contribution is 2.35. The van der Waals surface area contributed by atoms with Crippen molar-refractivity contribution in [3.8, 4) is 5.75 Å². The molecule has 2 rings (SSSR count). The minimum Gasteiger partial charge on any atom is -0.497 e. The maximum atomic E-state index is 6.38. The van der Waals surface area contributed by atoms with Gasteiger partial charge in [-0.05, 0) is 55.8 Å². The third kappa shape index (κ3) is 4.72. The molecule has 0 aliphatic heterocycles. The Labute approximate surface area is 129 Å². The zero-order chi connectivity index (χ0) is 15.1. The Morgan fingerprint density at radius 1 is 1.19 bits per heavy atom. The van der Waals surface area contributed by atoms with Gasteiger partial charge >= 0.3 is 0 Å². The average molecular weight is 291 g/mol. The molecule has 0 aromatic heterocycles. The summed E-state index contributed by atoms with van der Waals surface area (Å²) >= 11 is 0. The molecule has 1 N–H and O–H groups in total. The van der Waals surface area contributed by atoms with Crippen molar-refractivity contribution in [2.24, 2.45) is 5.92 Å². The molecule has 0 heterocycles. The van der Waals surface area contributed by atoms with E-state index in [1.807, 2.05) is 12.1 Å². The summed E-state index contributed by atoms with van der Waals surface area (Å²) in [6.07, 6.45) is 4.87. The van der Waals surface area contributed by atoms with E-state index in [0.29, 0.717) is 6.61 Å². The number of nitrogens with one attached hydrogen (secondary N) is 1. The lowest BCUT2D eigenvalue weighted by Gasteiger charge is -2.39. The van der Waals surface area contributed by atoms with Gasteiger partial charge in [-0.2, -0.15) is 0 Å². The van der Waals surface area contributed by atoms with Gasteiger partial charge < -0.3 is 14.8 Å². The van der Waals surface area contributed by atoms with E-state index < -0.39 is 0 Å². The number of likely N-dealkylation sites (N-methyl/N-ethyl adjacent to an activating group) is 1. The van der Waals surface area contributed by atoms with E-state index in [9.17, 15) is 0 Å². The van der Waals surface area contributed by atoms with Crippen LogP contribution in [0.3, 0.4) is 0 Å². The van der Waals surface area contributed by atoms with Gasteiger partial charge in [-0.1, -0.05) is 26.0 Å². The number of rotatable bonds is 7. The molecule has 0 amide bonds. The molecule has 0 atom stereocenters. The van der Waals surface area contributed by atoms with Crippen LogP contribution in [0.1, 0.15) is 45.1 Å². The maximum Gasteiger partial charge on any atom is 0.118 e. The van der Waals surface area contributed by atoms with Gasteiger partial charge in [0.25, 0.3) is 0 Å². The third-order valence-electron chi connectivity index (χ3n) is 4.59. The predicted molar refractivity (Wildman–Crippen MR) is 86.7 cm³/mol. The van der Waals surface area contributed by atoms with Crippen LogP contribution in [0.2, 0.25) is 0 Å². The zero-order valence-electron chi connectivity index (χ0n) is 13.7. The quantitative estimate of drug-likeness (QED) is 0.829. The molecule has 0 unspecified atom stereocenters. The Balaban J connectivity index is 1.94. The fourth-order valence-corrected chi connectivity index (χ4v) is 2.97. The SMILES string of the molecule is CCNCC1(OCc2ccc(OC)cc2)CCC(C)CC1. The summed E-state index contributed by atoms with van der Waals surface area (Å²) in [5.41, 5.74) is 1.23.